The van der Waals surface area contributed by atoms with Crippen LogP contribution in [0.25, 0.3) is 0 Å². The van der Waals surface area contributed by atoms with E-state index < -0.39 is 10.0 Å². The molecule has 0 heterocycles. The van der Waals surface area contributed by atoms with Crippen LogP contribution in [0.1, 0.15) is 22.8 Å². The Hall–Kier alpha value is -3.03. The number of carbonyl (C=O) groups excluding carboxylic acids is 1. The Kier molecular flexibility index (Phi) is 6.87. The van der Waals surface area contributed by atoms with Gasteiger partial charge in [0, 0.05) is 23.2 Å². The van der Waals surface area contributed by atoms with Crippen LogP contribution in [0.3, 0.4) is 0 Å². The summed E-state index contributed by atoms with van der Waals surface area (Å²) in [7, 11) is -0.676. The van der Waals surface area contributed by atoms with Crippen LogP contribution in [-0.2, 0) is 16.6 Å². The maximum atomic E-state index is 12.8. The Morgan fingerprint density at radius 3 is 2.23 bits per heavy atom. The highest BCUT2D eigenvalue weighted by Crippen LogP contribution is 2.27. The van der Waals surface area contributed by atoms with Crippen LogP contribution in [0.2, 0.25) is 5.02 Å². The number of halogens is 1. The number of rotatable bonds is 8. The molecule has 3 aromatic carbocycles. The van der Waals surface area contributed by atoms with Crippen LogP contribution in [0, 0.1) is 0 Å². The van der Waals surface area contributed by atoms with Gasteiger partial charge in [0.1, 0.15) is 18.1 Å². The van der Waals surface area contributed by atoms with E-state index in [0.29, 0.717) is 27.8 Å². The minimum atomic E-state index is -3.71. The predicted molar refractivity (Wildman–Crippen MR) is 121 cm³/mol. The third kappa shape index (κ3) is 5.18. The quantitative estimate of drug-likeness (QED) is 0.445. The van der Waals surface area contributed by atoms with Gasteiger partial charge in [0.2, 0.25) is 0 Å². The summed E-state index contributed by atoms with van der Waals surface area (Å²) in [6.45, 7) is 1.70. The average molecular weight is 460 g/mol. The molecule has 6 nitrogen and oxygen atoms in total. The number of ether oxygens (including phenoxy) is 2. The van der Waals surface area contributed by atoms with Crippen molar-refractivity contribution in [3.05, 3.63) is 82.9 Å². The lowest BCUT2D eigenvalue weighted by atomic mass is 10.1. The van der Waals surface area contributed by atoms with E-state index in [2.05, 4.69) is 0 Å². The molecule has 0 aliphatic rings. The SMILES string of the molecule is COc1ccc(C(C)=O)cc1COc1ccc(N(C)S(=O)(=O)c2ccc(Cl)cc2)cc1. The van der Waals surface area contributed by atoms with Gasteiger partial charge in [-0.05, 0) is 73.7 Å². The molecule has 31 heavy (non-hydrogen) atoms. The number of hydrogen-bond acceptors (Lipinski definition) is 5. The molecule has 0 aromatic heterocycles. The number of anilines is 1. The number of nitrogens with zero attached hydrogens (tertiary/aromatic N) is 1. The van der Waals surface area contributed by atoms with Gasteiger partial charge in [0.05, 0.1) is 17.7 Å². The van der Waals surface area contributed by atoms with Crippen LogP contribution < -0.4 is 13.8 Å². The number of methoxy groups -OCH3 is 1. The van der Waals surface area contributed by atoms with E-state index >= 15 is 0 Å². The van der Waals surface area contributed by atoms with Crippen LogP contribution in [0.15, 0.2) is 71.6 Å². The van der Waals surface area contributed by atoms with Crippen molar-refractivity contribution in [1.29, 1.82) is 0 Å². The first-order valence-corrected chi connectivity index (χ1v) is 11.2. The molecule has 0 N–H and O–H groups in total. The van der Waals surface area contributed by atoms with E-state index in [1.165, 1.54) is 42.5 Å². The van der Waals surface area contributed by atoms with Crippen LogP contribution in [0.5, 0.6) is 11.5 Å². The lowest BCUT2D eigenvalue weighted by Gasteiger charge is -2.20. The number of benzene rings is 3. The van der Waals surface area contributed by atoms with Gasteiger partial charge in [-0.15, -0.1) is 0 Å². The van der Waals surface area contributed by atoms with E-state index in [4.69, 9.17) is 21.1 Å². The Bertz CT molecular complexity index is 1180. The fourth-order valence-electron chi connectivity index (χ4n) is 2.93. The number of hydrogen-bond donors (Lipinski definition) is 0. The Balaban J connectivity index is 1.74. The first kappa shape index (κ1) is 22.7. The average Bonchev–Trinajstić information content (AvgIpc) is 2.77. The van der Waals surface area contributed by atoms with Gasteiger partial charge in [-0.3, -0.25) is 9.10 Å². The first-order chi connectivity index (χ1) is 14.7. The molecule has 0 amide bonds. The van der Waals surface area contributed by atoms with E-state index in [1.807, 2.05) is 0 Å². The van der Waals surface area contributed by atoms with E-state index in [-0.39, 0.29) is 17.3 Å². The van der Waals surface area contributed by atoms with Crippen molar-refractivity contribution in [1.82, 2.24) is 0 Å². The molecule has 0 spiro atoms. The molecule has 0 fully saturated rings. The zero-order valence-electron chi connectivity index (χ0n) is 17.3. The van der Waals surface area contributed by atoms with Crippen molar-refractivity contribution >= 4 is 33.1 Å². The number of carbonyl (C=O) groups is 1. The molecule has 8 heteroatoms. The summed E-state index contributed by atoms with van der Waals surface area (Å²) in [4.78, 5) is 11.8. The van der Waals surface area contributed by atoms with E-state index in [9.17, 15) is 13.2 Å². The molecule has 162 valence electrons. The Morgan fingerprint density at radius 2 is 1.65 bits per heavy atom. The lowest BCUT2D eigenvalue weighted by molar-refractivity contribution is 0.101. The maximum Gasteiger partial charge on any atom is 0.264 e. The molecule has 0 aliphatic heterocycles. The molecule has 0 bridgehead atoms. The maximum absolute atomic E-state index is 12.8. The van der Waals surface area contributed by atoms with Gasteiger partial charge in [-0.25, -0.2) is 8.42 Å². The van der Waals surface area contributed by atoms with Gasteiger partial charge < -0.3 is 9.47 Å². The second-order valence-corrected chi connectivity index (χ2v) is 9.20. The highest BCUT2D eigenvalue weighted by atomic mass is 35.5. The third-order valence-corrected chi connectivity index (χ3v) is 6.81. The van der Waals surface area contributed by atoms with Crippen molar-refractivity contribution in [2.75, 3.05) is 18.5 Å². The van der Waals surface area contributed by atoms with Gasteiger partial charge >= 0.3 is 0 Å². The Morgan fingerprint density at radius 1 is 1.00 bits per heavy atom. The summed E-state index contributed by atoms with van der Waals surface area (Å²) in [5.74, 6) is 1.13. The van der Waals surface area contributed by atoms with Crippen molar-refractivity contribution in [2.45, 2.75) is 18.4 Å². The van der Waals surface area contributed by atoms with Crippen molar-refractivity contribution in [2.24, 2.45) is 0 Å². The molecular weight excluding hydrogens is 438 g/mol. The largest absolute Gasteiger partial charge is 0.496 e. The fraction of sp³-hybridized carbons (Fsp3) is 0.174. The minimum Gasteiger partial charge on any atom is -0.496 e. The zero-order chi connectivity index (χ0) is 22.6. The smallest absolute Gasteiger partial charge is 0.264 e. The lowest BCUT2D eigenvalue weighted by Crippen LogP contribution is -2.26. The van der Waals surface area contributed by atoms with Crippen molar-refractivity contribution < 1.29 is 22.7 Å². The van der Waals surface area contributed by atoms with Crippen LogP contribution in [0.4, 0.5) is 5.69 Å². The van der Waals surface area contributed by atoms with Crippen molar-refractivity contribution in [3.8, 4) is 11.5 Å². The molecule has 0 saturated heterocycles. The molecule has 3 rings (SSSR count). The molecule has 0 atom stereocenters. The third-order valence-electron chi connectivity index (χ3n) is 4.75. The fourth-order valence-corrected chi connectivity index (χ4v) is 4.25. The second kappa shape index (κ2) is 9.41. The van der Waals surface area contributed by atoms with E-state index in [0.717, 1.165) is 5.56 Å². The molecule has 0 unspecified atom stereocenters. The summed E-state index contributed by atoms with van der Waals surface area (Å²) in [6, 6.07) is 17.9. The van der Waals surface area contributed by atoms with Crippen LogP contribution >= 0.6 is 11.6 Å². The van der Waals surface area contributed by atoms with E-state index in [1.54, 1.807) is 49.6 Å². The molecule has 3 aromatic rings. The van der Waals surface area contributed by atoms with Gasteiger partial charge in [0.25, 0.3) is 10.0 Å². The summed E-state index contributed by atoms with van der Waals surface area (Å²) in [6.07, 6.45) is 0. The van der Waals surface area contributed by atoms with Crippen LogP contribution in [-0.4, -0.2) is 28.4 Å². The van der Waals surface area contributed by atoms with Crippen molar-refractivity contribution in [3.63, 3.8) is 0 Å². The minimum absolute atomic E-state index is 0.0433. The topological polar surface area (TPSA) is 72.9 Å². The van der Waals surface area contributed by atoms with Gasteiger partial charge in [0.15, 0.2) is 5.78 Å². The van der Waals surface area contributed by atoms with Gasteiger partial charge in [-0.2, -0.15) is 0 Å². The summed E-state index contributed by atoms with van der Waals surface area (Å²) >= 11 is 5.85. The number of sulfonamides is 1. The normalized spacial score (nSPS) is 11.1. The second-order valence-electron chi connectivity index (χ2n) is 6.79. The first-order valence-electron chi connectivity index (χ1n) is 9.37. The summed E-state index contributed by atoms with van der Waals surface area (Å²) in [5, 5.41) is 0.466. The number of ketones is 1. The molecule has 0 aliphatic carbocycles. The predicted octanol–water partition coefficient (Wildman–Crippen LogP) is 4.96. The molecule has 0 saturated carbocycles. The van der Waals surface area contributed by atoms with Gasteiger partial charge in [-0.1, -0.05) is 11.6 Å². The highest BCUT2D eigenvalue weighted by Gasteiger charge is 2.21. The zero-order valence-corrected chi connectivity index (χ0v) is 18.9. The summed E-state index contributed by atoms with van der Waals surface area (Å²) in [5.41, 5.74) is 1.80. The highest BCUT2D eigenvalue weighted by molar-refractivity contribution is 7.92. The standard InChI is InChI=1S/C23H22ClNO5S/c1-16(26)17-4-13-23(29-3)18(14-17)15-30-21-9-7-20(8-10-21)25(2)31(27,28)22-11-5-19(24)6-12-22/h4-14H,15H2,1-3H3. The molecule has 0 radical (unpaired) electrons. The number of Topliss-reactive ketones (excluding diaryl/α,β-unsaturated/α-hetero) is 1. The summed E-state index contributed by atoms with van der Waals surface area (Å²) < 4.78 is 38.0. The monoisotopic (exact) mass is 459 g/mol. The molecular formula is C23H22ClNO5S. The Labute approximate surface area is 187 Å².